The number of ether oxygens (including phenoxy) is 1. The standard InChI is InChI=1S/C19H22N4OS2/c1-24-16-6-4-15(5-7-16)8-9-22-10-12-23(13-11-22)19-20-18(21-26-19)17-3-2-14-25-17/h2-7,14H,8-13H2,1H3. The normalized spacial score (nSPS) is 15.3. The summed E-state index contributed by atoms with van der Waals surface area (Å²) in [5, 5.41) is 3.11. The van der Waals surface area contributed by atoms with Gasteiger partial charge in [-0.1, -0.05) is 18.2 Å². The van der Waals surface area contributed by atoms with Gasteiger partial charge in [0.1, 0.15) is 5.75 Å². The van der Waals surface area contributed by atoms with Gasteiger partial charge in [-0.15, -0.1) is 11.3 Å². The van der Waals surface area contributed by atoms with Crippen molar-refractivity contribution in [2.75, 3.05) is 44.7 Å². The first-order valence-corrected chi connectivity index (χ1v) is 10.4. The Hall–Kier alpha value is -1.96. The average Bonchev–Trinajstić information content (AvgIpc) is 3.39. The molecule has 7 heteroatoms. The molecule has 3 aromatic rings. The van der Waals surface area contributed by atoms with Crippen LogP contribution in [0.25, 0.3) is 10.7 Å². The number of anilines is 1. The maximum Gasteiger partial charge on any atom is 0.205 e. The van der Waals surface area contributed by atoms with E-state index in [1.54, 1.807) is 18.4 Å². The molecule has 0 atom stereocenters. The highest BCUT2D eigenvalue weighted by atomic mass is 32.1. The third kappa shape index (κ3) is 4.06. The molecular formula is C19H22N4OS2. The lowest BCUT2D eigenvalue weighted by Crippen LogP contribution is -2.47. The SMILES string of the molecule is COc1ccc(CCN2CCN(c3nc(-c4cccs4)ns3)CC2)cc1. The molecule has 4 rings (SSSR count). The van der Waals surface area contributed by atoms with E-state index in [1.807, 2.05) is 18.2 Å². The van der Waals surface area contributed by atoms with Gasteiger partial charge in [-0.25, -0.2) is 0 Å². The Bertz CT molecular complexity index is 808. The van der Waals surface area contributed by atoms with Crippen molar-refractivity contribution in [1.82, 2.24) is 14.3 Å². The van der Waals surface area contributed by atoms with E-state index in [4.69, 9.17) is 9.72 Å². The molecule has 26 heavy (non-hydrogen) atoms. The van der Waals surface area contributed by atoms with E-state index in [-0.39, 0.29) is 0 Å². The van der Waals surface area contributed by atoms with E-state index >= 15 is 0 Å². The molecule has 1 aromatic carbocycles. The zero-order valence-corrected chi connectivity index (χ0v) is 16.4. The Morgan fingerprint density at radius 2 is 1.88 bits per heavy atom. The van der Waals surface area contributed by atoms with Gasteiger partial charge in [-0.3, -0.25) is 4.90 Å². The predicted octanol–water partition coefficient (Wildman–Crippen LogP) is 3.64. The number of methoxy groups -OCH3 is 1. The molecule has 136 valence electrons. The van der Waals surface area contributed by atoms with Gasteiger partial charge in [0.2, 0.25) is 5.13 Å². The molecule has 0 N–H and O–H groups in total. The Morgan fingerprint density at radius 3 is 2.58 bits per heavy atom. The molecule has 0 radical (unpaired) electrons. The molecule has 3 heterocycles. The summed E-state index contributed by atoms with van der Waals surface area (Å²) in [5.41, 5.74) is 1.36. The van der Waals surface area contributed by atoms with Gasteiger partial charge >= 0.3 is 0 Å². The number of aromatic nitrogens is 2. The Kier molecular flexibility index (Phi) is 5.48. The molecule has 0 aliphatic carbocycles. The molecule has 1 fully saturated rings. The zero-order valence-electron chi connectivity index (χ0n) is 14.8. The molecule has 0 spiro atoms. The average molecular weight is 387 g/mol. The highest BCUT2D eigenvalue weighted by Gasteiger charge is 2.20. The summed E-state index contributed by atoms with van der Waals surface area (Å²) in [4.78, 5) is 10.8. The molecule has 0 amide bonds. The quantitative estimate of drug-likeness (QED) is 0.647. The van der Waals surface area contributed by atoms with Gasteiger partial charge < -0.3 is 9.64 Å². The van der Waals surface area contributed by atoms with Crippen LogP contribution in [0, 0.1) is 0 Å². The molecule has 0 unspecified atom stereocenters. The summed E-state index contributed by atoms with van der Waals surface area (Å²) in [7, 11) is 1.70. The van der Waals surface area contributed by atoms with Crippen LogP contribution in [0.4, 0.5) is 5.13 Å². The van der Waals surface area contributed by atoms with Gasteiger partial charge in [0.25, 0.3) is 0 Å². The van der Waals surface area contributed by atoms with Gasteiger partial charge in [0.15, 0.2) is 5.82 Å². The number of piperazine rings is 1. The smallest absolute Gasteiger partial charge is 0.205 e. The van der Waals surface area contributed by atoms with Crippen LogP contribution in [0.5, 0.6) is 5.75 Å². The van der Waals surface area contributed by atoms with E-state index in [0.717, 1.165) is 60.7 Å². The summed E-state index contributed by atoms with van der Waals surface area (Å²) in [5.74, 6) is 1.78. The summed E-state index contributed by atoms with van der Waals surface area (Å²) in [6.45, 7) is 5.27. The van der Waals surface area contributed by atoms with Crippen molar-refractivity contribution in [3.8, 4) is 16.5 Å². The van der Waals surface area contributed by atoms with Gasteiger partial charge in [-0.05, 0) is 35.6 Å². The molecule has 2 aromatic heterocycles. The van der Waals surface area contributed by atoms with Crippen molar-refractivity contribution >= 4 is 28.0 Å². The monoisotopic (exact) mass is 386 g/mol. The fourth-order valence-corrected chi connectivity index (χ4v) is 4.54. The third-order valence-electron chi connectivity index (χ3n) is 4.68. The van der Waals surface area contributed by atoms with E-state index in [2.05, 4.69) is 37.8 Å². The highest BCUT2D eigenvalue weighted by molar-refractivity contribution is 7.14. The lowest BCUT2D eigenvalue weighted by atomic mass is 10.1. The van der Waals surface area contributed by atoms with Gasteiger partial charge in [0, 0.05) is 44.3 Å². The summed E-state index contributed by atoms with van der Waals surface area (Å²) >= 11 is 3.20. The zero-order chi connectivity index (χ0) is 17.8. The lowest BCUT2D eigenvalue weighted by molar-refractivity contribution is 0.261. The van der Waals surface area contributed by atoms with Crippen molar-refractivity contribution in [2.24, 2.45) is 0 Å². The van der Waals surface area contributed by atoms with Crippen LogP contribution < -0.4 is 9.64 Å². The van der Waals surface area contributed by atoms with E-state index in [9.17, 15) is 0 Å². The topological polar surface area (TPSA) is 41.5 Å². The summed E-state index contributed by atoms with van der Waals surface area (Å²) < 4.78 is 9.74. The van der Waals surface area contributed by atoms with Gasteiger partial charge in [0.05, 0.1) is 12.0 Å². The first-order chi connectivity index (χ1) is 12.8. The largest absolute Gasteiger partial charge is 0.497 e. The van der Waals surface area contributed by atoms with Crippen molar-refractivity contribution < 1.29 is 4.74 Å². The van der Waals surface area contributed by atoms with Crippen LogP contribution in [-0.2, 0) is 6.42 Å². The maximum atomic E-state index is 5.22. The van der Waals surface area contributed by atoms with E-state index < -0.39 is 0 Å². The van der Waals surface area contributed by atoms with Crippen LogP contribution in [0.2, 0.25) is 0 Å². The number of benzene rings is 1. The molecule has 1 aliphatic heterocycles. The fraction of sp³-hybridized carbons (Fsp3) is 0.368. The van der Waals surface area contributed by atoms with Gasteiger partial charge in [-0.2, -0.15) is 9.36 Å². The number of hydrogen-bond donors (Lipinski definition) is 0. The molecule has 0 bridgehead atoms. The molecule has 1 saturated heterocycles. The van der Waals surface area contributed by atoms with Crippen molar-refractivity contribution in [1.29, 1.82) is 0 Å². The minimum Gasteiger partial charge on any atom is -0.497 e. The number of hydrogen-bond acceptors (Lipinski definition) is 7. The molecule has 1 aliphatic rings. The highest BCUT2D eigenvalue weighted by Crippen LogP contribution is 2.27. The van der Waals surface area contributed by atoms with Crippen molar-refractivity contribution in [2.45, 2.75) is 6.42 Å². The van der Waals surface area contributed by atoms with Crippen molar-refractivity contribution in [3.63, 3.8) is 0 Å². The second kappa shape index (κ2) is 8.16. The predicted molar refractivity (Wildman–Crippen MR) is 109 cm³/mol. The summed E-state index contributed by atoms with van der Waals surface area (Å²) in [6.07, 6.45) is 1.07. The first-order valence-electron chi connectivity index (χ1n) is 8.79. The van der Waals surface area contributed by atoms with E-state index in [0.29, 0.717) is 0 Å². The minimum absolute atomic E-state index is 0.863. The molecular weight excluding hydrogens is 364 g/mol. The Labute approximate surface area is 162 Å². The second-order valence-corrected chi connectivity index (χ2v) is 7.98. The van der Waals surface area contributed by atoms with Crippen LogP contribution in [-0.4, -0.2) is 54.1 Å². The number of rotatable bonds is 6. The fourth-order valence-electron chi connectivity index (χ4n) is 3.09. The molecule has 5 nitrogen and oxygen atoms in total. The van der Waals surface area contributed by atoms with Crippen LogP contribution >= 0.6 is 22.9 Å². The van der Waals surface area contributed by atoms with E-state index in [1.165, 1.54) is 17.1 Å². The second-order valence-electron chi connectivity index (χ2n) is 6.30. The Morgan fingerprint density at radius 1 is 1.08 bits per heavy atom. The van der Waals surface area contributed by atoms with Crippen molar-refractivity contribution in [3.05, 3.63) is 47.3 Å². The summed E-state index contributed by atoms with van der Waals surface area (Å²) in [6, 6.07) is 12.5. The van der Waals surface area contributed by atoms with Crippen LogP contribution in [0.15, 0.2) is 41.8 Å². The lowest BCUT2D eigenvalue weighted by Gasteiger charge is -2.34. The van der Waals surface area contributed by atoms with Crippen LogP contribution in [0.3, 0.4) is 0 Å². The first kappa shape index (κ1) is 17.5. The Balaban J connectivity index is 1.27. The maximum absolute atomic E-state index is 5.22. The third-order valence-corrected chi connectivity index (χ3v) is 6.32. The molecule has 0 saturated carbocycles. The number of nitrogens with zero attached hydrogens (tertiary/aromatic N) is 4. The minimum atomic E-state index is 0.863. The van der Waals surface area contributed by atoms with Crippen LogP contribution in [0.1, 0.15) is 5.56 Å². The number of thiophene rings is 1.